The van der Waals surface area contributed by atoms with Crippen molar-refractivity contribution in [2.75, 3.05) is 14.2 Å². The molecule has 0 atom stereocenters. The number of hydrogen-bond donors (Lipinski definition) is 1. The number of carbonyl (C=O) groups excluding carboxylic acids is 1. The SMILES string of the molecule is COc1ccsc1C(=O)N(C)Cc1ncc[nH]1. The molecule has 0 aliphatic rings. The Bertz CT molecular complexity index is 493. The van der Waals surface area contributed by atoms with Crippen molar-refractivity contribution in [3.05, 3.63) is 34.5 Å². The minimum Gasteiger partial charge on any atom is -0.495 e. The topological polar surface area (TPSA) is 58.2 Å². The zero-order valence-corrected chi connectivity index (χ0v) is 10.5. The van der Waals surface area contributed by atoms with E-state index >= 15 is 0 Å². The van der Waals surface area contributed by atoms with E-state index in [1.165, 1.54) is 11.3 Å². The average Bonchev–Trinajstić information content (AvgIpc) is 2.97. The van der Waals surface area contributed by atoms with Gasteiger partial charge in [0.2, 0.25) is 0 Å². The van der Waals surface area contributed by atoms with E-state index in [-0.39, 0.29) is 5.91 Å². The van der Waals surface area contributed by atoms with E-state index in [2.05, 4.69) is 9.97 Å². The number of nitrogens with zero attached hydrogens (tertiary/aromatic N) is 2. The first-order valence-corrected chi connectivity index (χ1v) is 5.95. The lowest BCUT2D eigenvalue weighted by molar-refractivity contribution is 0.0783. The van der Waals surface area contributed by atoms with Gasteiger partial charge >= 0.3 is 0 Å². The molecule has 1 amide bonds. The first-order valence-electron chi connectivity index (χ1n) is 5.07. The molecule has 0 aliphatic heterocycles. The first-order chi connectivity index (χ1) is 8.22. The highest BCUT2D eigenvalue weighted by atomic mass is 32.1. The minimum atomic E-state index is -0.0618. The van der Waals surface area contributed by atoms with E-state index in [9.17, 15) is 4.79 Å². The maximum Gasteiger partial charge on any atom is 0.267 e. The molecule has 1 N–H and O–H groups in total. The molecule has 0 unspecified atom stereocenters. The van der Waals surface area contributed by atoms with Gasteiger partial charge in [-0.15, -0.1) is 11.3 Å². The number of carbonyl (C=O) groups is 1. The van der Waals surface area contributed by atoms with Crippen molar-refractivity contribution >= 4 is 17.2 Å². The number of aromatic nitrogens is 2. The second kappa shape index (κ2) is 5.01. The van der Waals surface area contributed by atoms with E-state index in [1.54, 1.807) is 37.5 Å². The molecule has 0 radical (unpaired) electrons. The molecule has 2 aromatic rings. The molecular weight excluding hydrogens is 238 g/mol. The van der Waals surface area contributed by atoms with Crippen molar-refractivity contribution in [3.8, 4) is 5.75 Å². The van der Waals surface area contributed by atoms with Crippen LogP contribution in [0, 0.1) is 0 Å². The summed E-state index contributed by atoms with van der Waals surface area (Å²) in [4.78, 5) is 21.4. The standard InChI is InChI=1S/C11H13N3O2S/c1-14(7-9-12-4-5-13-9)11(15)10-8(16-2)3-6-17-10/h3-6H,7H2,1-2H3,(H,12,13). The number of aromatic amines is 1. The molecule has 0 saturated heterocycles. The smallest absolute Gasteiger partial charge is 0.267 e. The number of ether oxygens (including phenoxy) is 1. The van der Waals surface area contributed by atoms with E-state index in [0.29, 0.717) is 17.2 Å². The quantitative estimate of drug-likeness (QED) is 0.900. The summed E-state index contributed by atoms with van der Waals surface area (Å²) < 4.78 is 5.13. The van der Waals surface area contributed by atoms with Crippen LogP contribution >= 0.6 is 11.3 Å². The van der Waals surface area contributed by atoms with Crippen LogP contribution in [-0.2, 0) is 6.54 Å². The van der Waals surface area contributed by atoms with E-state index in [1.807, 2.05) is 5.38 Å². The van der Waals surface area contributed by atoms with Crippen LogP contribution in [-0.4, -0.2) is 34.9 Å². The number of H-pyrrole nitrogens is 1. The third kappa shape index (κ3) is 2.47. The predicted molar refractivity (Wildman–Crippen MR) is 65.3 cm³/mol. The Hall–Kier alpha value is -1.82. The fourth-order valence-electron chi connectivity index (χ4n) is 1.47. The average molecular weight is 251 g/mol. The molecule has 0 aliphatic carbocycles. The van der Waals surface area contributed by atoms with Gasteiger partial charge in [0.25, 0.3) is 5.91 Å². The number of hydrogen-bond acceptors (Lipinski definition) is 4. The fourth-order valence-corrected chi connectivity index (χ4v) is 2.32. The minimum absolute atomic E-state index is 0.0618. The van der Waals surface area contributed by atoms with Crippen molar-refractivity contribution in [1.29, 1.82) is 0 Å². The summed E-state index contributed by atoms with van der Waals surface area (Å²) in [7, 11) is 3.30. The molecular formula is C11H13N3O2S. The highest BCUT2D eigenvalue weighted by Gasteiger charge is 2.18. The summed E-state index contributed by atoms with van der Waals surface area (Å²) in [5.74, 6) is 1.32. The third-order valence-corrected chi connectivity index (χ3v) is 3.22. The van der Waals surface area contributed by atoms with Crippen molar-refractivity contribution in [2.24, 2.45) is 0 Å². The first kappa shape index (κ1) is 11.7. The number of methoxy groups -OCH3 is 1. The zero-order valence-electron chi connectivity index (χ0n) is 9.64. The Labute approximate surface area is 103 Å². The van der Waals surface area contributed by atoms with Gasteiger partial charge in [-0.1, -0.05) is 0 Å². The number of amides is 1. The van der Waals surface area contributed by atoms with Crippen LogP contribution in [0.5, 0.6) is 5.75 Å². The summed E-state index contributed by atoms with van der Waals surface area (Å²) in [5.41, 5.74) is 0. The third-order valence-electron chi connectivity index (χ3n) is 2.33. The Kier molecular flexibility index (Phi) is 3.43. The number of nitrogens with one attached hydrogen (secondary N) is 1. The second-order valence-electron chi connectivity index (χ2n) is 3.52. The second-order valence-corrected chi connectivity index (χ2v) is 4.43. The number of imidazole rings is 1. The van der Waals surface area contributed by atoms with Crippen LogP contribution in [0.1, 0.15) is 15.5 Å². The lowest BCUT2D eigenvalue weighted by atomic mass is 10.3. The van der Waals surface area contributed by atoms with Crippen molar-refractivity contribution in [1.82, 2.24) is 14.9 Å². The van der Waals surface area contributed by atoms with E-state index < -0.39 is 0 Å². The Morgan fingerprint density at radius 3 is 3.12 bits per heavy atom. The van der Waals surface area contributed by atoms with Gasteiger partial charge in [0.1, 0.15) is 16.5 Å². The molecule has 5 nitrogen and oxygen atoms in total. The Morgan fingerprint density at radius 1 is 1.65 bits per heavy atom. The zero-order chi connectivity index (χ0) is 12.3. The molecule has 6 heteroatoms. The molecule has 17 heavy (non-hydrogen) atoms. The van der Waals surface area contributed by atoms with Gasteiger partial charge in [-0.05, 0) is 11.4 Å². The predicted octanol–water partition coefficient (Wildman–Crippen LogP) is 1.75. The molecule has 0 fully saturated rings. The molecule has 90 valence electrons. The normalized spacial score (nSPS) is 10.2. The van der Waals surface area contributed by atoms with Gasteiger partial charge in [0.05, 0.1) is 13.7 Å². The van der Waals surface area contributed by atoms with Crippen molar-refractivity contribution in [2.45, 2.75) is 6.54 Å². The molecule has 0 spiro atoms. The van der Waals surface area contributed by atoms with E-state index in [4.69, 9.17) is 4.74 Å². The van der Waals surface area contributed by atoms with Gasteiger partial charge in [0.15, 0.2) is 0 Å². The van der Waals surface area contributed by atoms with Gasteiger partial charge in [0, 0.05) is 19.4 Å². The maximum atomic E-state index is 12.1. The highest BCUT2D eigenvalue weighted by molar-refractivity contribution is 7.12. The summed E-state index contributed by atoms with van der Waals surface area (Å²) in [5, 5.41) is 1.84. The van der Waals surface area contributed by atoms with Crippen LogP contribution in [0.15, 0.2) is 23.8 Å². The van der Waals surface area contributed by atoms with Crippen molar-refractivity contribution < 1.29 is 9.53 Å². The van der Waals surface area contributed by atoms with E-state index in [0.717, 1.165) is 5.82 Å². The summed E-state index contributed by atoms with van der Waals surface area (Å²) in [6, 6.07) is 1.79. The lowest BCUT2D eigenvalue weighted by Crippen LogP contribution is -2.26. The summed E-state index contributed by atoms with van der Waals surface area (Å²) >= 11 is 1.38. The van der Waals surface area contributed by atoms with Crippen LogP contribution < -0.4 is 4.74 Å². The van der Waals surface area contributed by atoms with Crippen LogP contribution in [0.25, 0.3) is 0 Å². The lowest BCUT2D eigenvalue weighted by Gasteiger charge is -2.15. The molecule has 0 aromatic carbocycles. The van der Waals surface area contributed by atoms with Crippen LogP contribution in [0.4, 0.5) is 0 Å². The molecule has 2 aromatic heterocycles. The van der Waals surface area contributed by atoms with Gasteiger partial charge in [-0.25, -0.2) is 4.98 Å². The number of thiophene rings is 1. The van der Waals surface area contributed by atoms with Gasteiger partial charge < -0.3 is 14.6 Å². The number of rotatable bonds is 4. The van der Waals surface area contributed by atoms with Crippen molar-refractivity contribution in [3.63, 3.8) is 0 Å². The molecule has 0 bridgehead atoms. The summed E-state index contributed by atoms with van der Waals surface area (Å²) in [6.45, 7) is 0.451. The fraction of sp³-hybridized carbons (Fsp3) is 0.273. The van der Waals surface area contributed by atoms with Gasteiger partial charge in [-0.3, -0.25) is 4.79 Å². The Morgan fingerprint density at radius 2 is 2.47 bits per heavy atom. The summed E-state index contributed by atoms with van der Waals surface area (Å²) in [6.07, 6.45) is 3.40. The molecule has 0 saturated carbocycles. The highest BCUT2D eigenvalue weighted by Crippen LogP contribution is 2.25. The molecule has 2 rings (SSSR count). The largest absolute Gasteiger partial charge is 0.495 e. The van der Waals surface area contributed by atoms with Crippen LogP contribution in [0.2, 0.25) is 0 Å². The Balaban J connectivity index is 2.09. The van der Waals surface area contributed by atoms with Gasteiger partial charge in [-0.2, -0.15) is 0 Å². The monoisotopic (exact) mass is 251 g/mol. The maximum absolute atomic E-state index is 12.1. The van der Waals surface area contributed by atoms with Crippen LogP contribution in [0.3, 0.4) is 0 Å². The molecule has 2 heterocycles.